The minimum absolute atomic E-state index is 0.172. The zero-order valence-electron chi connectivity index (χ0n) is 8.33. The zero-order valence-corrected chi connectivity index (χ0v) is 9.96. The Kier molecular flexibility index (Phi) is 7.28. The summed E-state index contributed by atoms with van der Waals surface area (Å²) in [7, 11) is 1.40. The second-order valence-electron chi connectivity index (χ2n) is 2.76. The topological polar surface area (TPSA) is 26.3 Å². The average molecular weight is 220 g/mol. The molecule has 1 unspecified atom stereocenters. The lowest BCUT2D eigenvalue weighted by molar-refractivity contribution is -0.139. The minimum atomic E-state index is -0.205. The van der Waals surface area contributed by atoms with Gasteiger partial charge in [-0.05, 0) is 19.8 Å². The third kappa shape index (κ3) is 6.05. The van der Waals surface area contributed by atoms with Crippen LogP contribution in [0.1, 0.15) is 33.1 Å². The van der Waals surface area contributed by atoms with Crippen LogP contribution in [-0.2, 0) is 9.53 Å². The molecule has 0 aliphatic carbocycles. The van der Waals surface area contributed by atoms with Crippen LogP contribution in [-0.4, -0.2) is 22.5 Å². The fourth-order valence-corrected chi connectivity index (χ4v) is 2.22. The summed E-state index contributed by atoms with van der Waals surface area (Å²) in [4.78, 5) is 11.0. The largest absolute Gasteiger partial charge is 0.468 e. The van der Waals surface area contributed by atoms with E-state index in [0.717, 1.165) is 23.5 Å². The molecule has 0 rings (SSSR count). The third-order valence-electron chi connectivity index (χ3n) is 1.58. The SMILES string of the molecule is CCCCC(=S)SC(C)C(=O)OC. The number of thioether (sulfide) groups is 1. The number of thiocarbonyl (C=S) groups is 1. The Morgan fingerprint density at radius 3 is 2.69 bits per heavy atom. The zero-order chi connectivity index (χ0) is 10.3. The first-order valence-corrected chi connectivity index (χ1v) is 5.68. The maximum Gasteiger partial charge on any atom is 0.318 e. The maximum absolute atomic E-state index is 11.0. The molecule has 76 valence electrons. The van der Waals surface area contributed by atoms with E-state index in [4.69, 9.17) is 12.2 Å². The molecular formula is C9H16O2S2. The number of carbonyl (C=O) groups excluding carboxylic acids is 1. The summed E-state index contributed by atoms with van der Waals surface area (Å²) in [6, 6.07) is 0. The molecule has 0 aliphatic rings. The van der Waals surface area contributed by atoms with Gasteiger partial charge in [-0.3, -0.25) is 4.79 Å². The number of ether oxygens (including phenoxy) is 1. The van der Waals surface area contributed by atoms with Gasteiger partial charge in [0.25, 0.3) is 0 Å². The van der Waals surface area contributed by atoms with Crippen LogP contribution in [0.2, 0.25) is 0 Å². The molecule has 2 nitrogen and oxygen atoms in total. The van der Waals surface area contributed by atoms with E-state index in [2.05, 4.69) is 11.7 Å². The van der Waals surface area contributed by atoms with Crippen LogP contribution in [0.25, 0.3) is 0 Å². The van der Waals surface area contributed by atoms with E-state index < -0.39 is 0 Å². The van der Waals surface area contributed by atoms with Gasteiger partial charge in [-0.2, -0.15) is 0 Å². The number of unbranched alkanes of at least 4 members (excludes halogenated alkanes) is 1. The van der Waals surface area contributed by atoms with Gasteiger partial charge in [0.1, 0.15) is 5.25 Å². The van der Waals surface area contributed by atoms with Crippen LogP contribution in [0.5, 0.6) is 0 Å². The average Bonchev–Trinajstić information content (AvgIpc) is 2.13. The van der Waals surface area contributed by atoms with E-state index in [1.54, 1.807) is 0 Å². The molecule has 0 bridgehead atoms. The number of esters is 1. The van der Waals surface area contributed by atoms with E-state index in [0.29, 0.717) is 0 Å². The smallest absolute Gasteiger partial charge is 0.318 e. The van der Waals surface area contributed by atoms with E-state index in [1.807, 2.05) is 6.92 Å². The summed E-state index contributed by atoms with van der Waals surface area (Å²) in [6.07, 6.45) is 3.14. The Morgan fingerprint density at radius 1 is 1.62 bits per heavy atom. The molecule has 0 spiro atoms. The van der Waals surface area contributed by atoms with Crippen LogP contribution in [0.4, 0.5) is 0 Å². The highest BCUT2D eigenvalue weighted by Crippen LogP contribution is 2.18. The first kappa shape index (κ1) is 12.9. The summed E-state index contributed by atoms with van der Waals surface area (Å²) >= 11 is 6.55. The molecular weight excluding hydrogens is 204 g/mol. The highest BCUT2D eigenvalue weighted by Gasteiger charge is 2.15. The number of hydrogen-bond acceptors (Lipinski definition) is 4. The Labute approximate surface area is 89.4 Å². The minimum Gasteiger partial charge on any atom is -0.468 e. The van der Waals surface area contributed by atoms with E-state index in [1.165, 1.54) is 18.9 Å². The number of methoxy groups -OCH3 is 1. The van der Waals surface area contributed by atoms with Gasteiger partial charge in [0.05, 0.1) is 7.11 Å². The molecule has 0 N–H and O–H groups in total. The van der Waals surface area contributed by atoms with Crippen molar-refractivity contribution in [1.29, 1.82) is 0 Å². The van der Waals surface area contributed by atoms with Gasteiger partial charge in [0.15, 0.2) is 0 Å². The van der Waals surface area contributed by atoms with E-state index >= 15 is 0 Å². The molecule has 0 aromatic heterocycles. The van der Waals surface area contributed by atoms with Crippen molar-refractivity contribution in [2.24, 2.45) is 0 Å². The highest BCUT2D eigenvalue weighted by atomic mass is 32.2. The standard InChI is InChI=1S/C9H16O2S2/c1-4-5-6-8(12)13-7(2)9(10)11-3/h7H,4-6H2,1-3H3. The molecule has 0 aromatic carbocycles. The molecule has 0 radical (unpaired) electrons. The predicted molar refractivity (Wildman–Crippen MR) is 61.2 cm³/mol. The molecule has 0 heterocycles. The van der Waals surface area contributed by atoms with Gasteiger partial charge in [0.2, 0.25) is 0 Å². The van der Waals surface area contributed by atoms with Crippen molar-refractivity contribution in [2.45, 2.75) is 38.4 Å². The van der Waals surface area contributed by atoms with Crippen molar-refractivity contribution >= 4 is 34.1 Å². The molecule has 0 aliphatic heterocycles. The Hall–Kier alpha value is -0.0900. The first-order chi connectivity index (χ1) is 6.11. The van der Waals surface area contributed by atoms with Crippen molar-refractivity contribution < 1.29 is 9.53 Å². The van der Waals surface area contributed by atoms with Gasteiger partial charge in [0, 0.05) is 4.20 Å². The van der Waals surface area contributed by atoms with Gasteiger partial charge in [-0.25, -0.2) is 0 Å². The Morgan fingerprint density at radius 2 is 2.23 bits per heavy atom. The first-order valence-electron chi connectivity index (χ1n) is 4.39. The molecule has 0 saturated heterocycles. The van der Waals surface area contributed by atoms with Crippen molar-refractivity contribution in [3.63, 3.8) is 0 Å². The predicted octanol–water partition coefficient (Wildman–Crippen LogP) is 2.80. The summed E-state index contributed by atoms with van der Waals surface area (Å²) < 4.78 is 5.50. The fraction of sp³-hybridized carbons (Fsp3) is 0.778. The molecule has 0 saturated carbocycles. The second-order valence-corrected chi connectivity index (χ2v) is 4.95. The third-order valence-corrected chi connectivity index (χ3v) is 3.08. The van der Waals surface area contributed by atoms with Crippen molar-refractivity contribution in [3.05, 3.63) is 0 Å². The fourth-order valence-electron chi connectivity index (χ4n) is 0.791. The number of carbonyl (C=O) groups is 1. The van der Waals surface area contributed by atoms with Crippen LogP contribution in [0.15, 0.2) is 0 Å². The van der Waals surface area contributed by atoms with Gasteiger partial charge in [-0.15, -0.1) is 11.8 Å². The van der Waals surface area contributed by atoms with E-state index in [-0.39, 0.29) is 11.2 Å². The van der Waals surface area contributed by atoms with Crippen molar-refractivity contribution in [3.8, 4) is 0 Å². The lowest BCUT2D eigenvalue weighted by Gasteiger charge is -2.08. The summed E-state index contributed by atoms with van der Waals surface area (Å²) in [6.45, 7) is 3.94. The Balaban J connectivity index is 3.71. The number of rotatable bonds is 5. The normalized spacial score (nSPS) is 12.2. The molecule has 0 aromatic rings. The molecule has 0 amide bonds. The van der Waals surface area contributed by atoms with Crippen molar-refractivity contribution in [1.82, 2.24) is 0 Å². The molecule has 1 atom stereocenters. The van der Waals surface area contributed by atoms with Crippen LogP contribution >= 0.6 is 24.0 Å². The highest BCUT2D eigenvalue weighted by molar-refractivity contribution is 8.23. The molecule has 4 heteroatoms. The van der Waals surface area contributed by atoms with Gasteiger partial charge < -0.3 is 4.74 Å². The quantitative estimate of drug-likeness (QED) is 0.526. The van der Waals surface area contributed by atoms with Crippen LogP contribution in [0.3, 0.4) is 0 Å². The summed E-state index contributed by atoms with van der Waals surface area (Å²) in [5.74, 6) is -0.205. The molecule has 0 fully saturated rings. The molecule has 13 heavy (non-hydrogen) atoms. The second kappa shape index (κ2) is 7.33. The van der Waals surface area contributed by atoms with Crippen molar-refractivity contribution in [2.75, 3.05) is 7.11 Å². The van der Waals surface area contributed by atoms with Crippen LogP contribution in [0, 0.1) is 0 Å². The lowest BCUT2D eigenvalue weighted by atomic mass is 10.3. The van der Waals surface area contributed by atoms with Gasteiger partial charge >= 0.3 is 5.97 Å². The van der Waals surface area contributed by atoms with E-state index in [9.17, 15) is 4.79 Å². The summed E-state index contributed by atoms with van der Waals surface area (Å²) in [5, 5.41) is -0.172. The summed E-state index contributed by atoms with van der Waals surface area (Å²) in [5.41, 5.74) is 0. The number of hydrogen-bond donors (Lipinski definition) is 0. The monoisotopic (exact) mass is 220 g/mol. The van der Waals surface area contributed by atoms with Gasteiger partial charge in [-0.1, -0.05) is 25.6 Å². The van der Waals surface area contributed by atoms with Crippen LogP contribution < -0.4 is 0 Å². The Bertz CT molecular complexity index is 180. The lowest BCUT2D eigenvalue weighted by Crippen LogP contribution is -2.16. The maximum atomic E-state index is 11.0.